The number of carbonyl (C=O) groups is 5. The summed E-state index contributed by atoms with van der Waals surface area (Å²) in [6, 6.07) is 0. The SMILES string of the molecule is C=C1OC(=O)[C@@]2(C1=O)C(=O)[C@@]1(C)[C@@H](C=C[C@H]3[C@H](O)[C@@H](C)[C@H](OC(C)=O)C[C@@H]31)C[C@H]2\C=C/C=C/C=C/C(=O)O. The molecule has 3 aliphatic carbocycles. The van der Waals surface area contributed by atoms with Gasteiger partial charge in [-0.2, -0.15) is 0 Å². The van der Waals surface area contributed by atoms with Gasteiger partial charge >= 0.3 is 17.9 Å². The summed E-state index contributed by atoms with van der Waals surface area (Å²) in [4.78, 5) is 63.8. The number of aliphatic hydroxyl groups excluding tert-OH is 1. The Bertz CT molecular complexity index is 1210. The summed E-state index contributed by atoms with van der Waals surface area (Å²) in [5.41, 5.74) is -3.34. The van der Waals surface area contributed by atoms with Crippen molar-refractivity contribution in [1.82, 2.24) is 0 Å². The number of fused-ring (bicyclic) bond motifs is 3. The summed E-state index contributed by atoms with van der Waals surface area (Å²) in [6.07, 6.45) is 11.3. The Balaban J connectivity index is 1.77. The van der Waals surface area contributed by atoms with Gasteiger partial charge in [0, 0.05) is 36.2 Å². The van der Waals surface area contributed by atoms with Crippen LogP contribution in [0.4, 0.5) is 0 Å². The summed E-state index contributed by atoms with van der Waals surface area (Å²) in [7, 11) is 0. The maximum atomic E-state index is 14.6. The Hall–Kier alpha value is -3.59. The molecule has 1 aliphatic heterocycles. The minimum Gasteiger partial charge on any atom is -0.478 e. The largest absolute Gasteiger partial charge is 0.478 e. The molecule has 0 radical (unpaired) electrons. The molecule has 0 aromatic rings. The molecular weight excluding hydrogens is 492 g/mol. The first kappa shape index (κ1) is 27.4. The zero-order valence-electron chi connectivity index (χ0n) is 21.5. The molecule has 1 heterocycles. The van der Waals surface area contributed by atoms with E-state index < -0.39 is 70.3 Å². The molecule has 9 atom stereocenters. The van der Waals surface area contributed by atoms with Crippen LogP contribution in [0.25, 0.3) is 0 Å². The zero-order chi connectivity index (χ0) is 28.0. The van der Waals surface area contributed by atoms with Gasteiger partial charge in [0.1, 0.15) is 6.10 Å². The van der Waals surface area contributed by atoms with Gasteiger partial charge in [0.25, 0.3) is 0 Å². The van der Waals surface area contributed by atoms with Crippen molar-refractivity contribution in [3.05, 3.63) is 60.9 Å². The predicted molar refractivity (Wildman–Crippen MR) is 134 cm³/mol. The van der Waals surface area contributed by atoms with E-state index >= 15 is 0 Å². The molecule has 38 heavy (non-hydrogen) atoms. The first-order valence-electron chi connectivity index (χ1n) is 12.7. The highest BCUT2D eigenvalue weighted by Crippen LogP contribution is 2.62. The minimum absolute atomic E-state index is 0.273. The number of aliphatic hydroxyl groups is 1. The average molecular weight is 525 g/mol. The first-order chi connectivity index (χ1) is 17.9. The van der Waals surface area contributed by atoms with Crippen molar-refractivity contribution >= 4 is 29.5 Å². The number of carbonyl (C=O) groups excluding carboxylic acids is 4. The number of carboxylic acids is 1. The third kappa shape index (κ3) is 4.09. The van der Waals surface area contributed by atoms with Crippen LogP contribution in [0, 0.1) is 40.4 Å². The van der Waals surface area contributed by atoms with E-state index in [2.05, 4.69) is 6.58 Å². The lowest BCUT2D eigenvalue weighted by Crippen LogP contribution is -2.65. The molecule has 0 amide bonds. The van der Waals surface area contributed by atoms with Crippen molar-refractivity contribution in [3.8, 4) is 0 Å². The van der Waals surface area contributed by atoms with Crippen LogP contribution in [0.15, 0.2) is 60.9 Å². The summed E-state index contributed by atoms with van der Waals surface area (Å²) in [5, 5.41) is 19.8. The van der Waals surface area contributed by atoms with Crippen LogP contribution in [-0.4, -0.2) is 51.9 Å². The van der Waals surface area contributed by atoms with Gasteiger partial charge in [-0.25, -0.2) is 4.79 Å². The quantitative estimate of drug-likeness (QED) is 0.182. The van der Waals surface area contributed by atoms with E-state index in [1.807, 2.05) is 12.2 Å². The van der Waals surface area contributed by atoms with Gasteiger partial charge in [0.15, 0.2) is 17.0 Å². The fraction of sp³-hybridized carbons (Fsp3) is 0.483. The molecule has 2 N–H and O–H groups in total. The maximum Gasteiger partial charge on any atom is 0.333 e. The van der Waals surface area contributed by atoms with E-state index in [9.17, 15) is 29.1 Å². The number of aliphatic carboxylic acids is 1. The highest BCUT2D eigenvalue weighted by Gasteiger charge is 2.73. The number of allylic oxidation sites excluding steroid dienone is 7. The smallest absolute Gasteiger partial charge is 0.333 e. The molecule has 9 nitrogen and oxygen atoms in total. The van der Waals surface area contributed by atoms with Crippen LogP contribution in [0.5, 0.6) is 0 Å². The Labute approximate surface area is 220 Å². The number of Topliss-reactive ketones (excluding diaryl/α,β-unsaturated/α-hetero) is 2. The fourth-order valence-electron chi connectivity index (χ4n) is 6.89. The lowest BCUT2D eigenvalue weighted by atomic mass is 9.43. The van der Waals surface area contributed by atoms with Crippen molar-refractivity contribution in [2.45, 2.75) is 45.8 Å². The molecule has 4 rings (SSSR count). The maximum absolute atomic E-state index is 14.6. The van der Waals surface area contributed by atoms with Gasteiger partial charge in [0.2, 0.25) is 5.78 Å². The molecular formula is C29H32O9. The van der Waals surface area contributed by atoms with Crippen LogP contribution < -0.4 is 0 Å². The molecule has 0 bridgehead atoms. The van der Waals surface area contributed by atoms with Crippen LogP contribution in [0.2, 0.25) is 0 Å². The first-order valence-corrected chi connectivity index (χ1v) is 12.7. The van der Waals surface area contributed by atoms with E-state index in [0.29, 0.717) is 6.42 Å². The summed E-state index contributed by atoms with van der Waals surface area (Å²) in [6.45, 7) is 8.37. The Morgan fingerprint density at radius 3 is 2.42 bits per heavy atom. The van der Waals surface area contributed by atoms with E-state index in [1.165, 1.54) is 19.1 Å². The normalized spacial score (nSPS) is 40.7. The Kier molecular flexibility index (Phi) is 7.18. The highest BCUT2D eigenvalue weighted by molar-refractivity contribution is 6.32. The van der Waals surface area contributed by atoms with Crippen molar-refractivity contribution < 1.29 is 43.7 Å². The van der Waals surface area contributed by atoms with Crippen LogP contribution in [-0.2, 0) is 33.4 Å². The summed E-state index contributed by atoms with van der Waals surface area (Å²) < 4.78 is 10.7. The van der Waals surface area contributed by atoms with Crippen LogP contribution in [0.1, 0.15) is 33.6 Å². The van der Waals surface area contributed by atoms with E-state index in [4.69, 9.17) is 14.6 Å². The molecule has 202 valence electrons. The second-order valence-electron chi connectivity index (χ2n) is 10.8. The van der Waals surface area contributed by atoms with Crippen LogP contribution in [0.3, 0.4) is 0 Å². The van der Waals surface area contributed by atoms with Gasteiger partial charge in [-0.1, -0.05) is 63.0 Å². The number of carboxylic acid groups (broad SMARTS) is 1. The molecule has 1 spiro atoms. The molecule has 4 aliphatic rings. The van der Waals surface area contributed by atoms with Crippen molar-refractivity contribution in [3.63, 3.8) is 0 Å². The second kappa shape index (κ2) is 9.94. The zero-order valence-corrected chi connectivity index (χ0v) is 21.5. The van der Waals surface area contributed by atoms with E-state index in [0.717, 1.165) is 6.08 Å². The molecule has 0 aromatic carbocycles. The second-order valence-corrected chi connectivity index (χ2v) is 10.8. The molecule has 0 aromatic heterocycles. The predicted octanol–water partition coefficient (Wildman–Crippen LogP) is 2.71. The third-order valence-electron chi connectivity index (χ3n) is 8.87. The minimum atomic E-state index is -2.12. The molecule has 0 unspecified atom stereocenters. The Morgan fingerprint density at radius 2 is 1.82 bits per heavy atom. The number of hydrogen-bond donors (Lipinski definition) is 2. The van der Waals surface area contributed by atoms with E-state index in [-0.39, 0.29) is 24.0 Å². The molecule has 2 saturated carbocycles. The van der Waals surface area contributed by atoms with Gasteiger partial charge < -0.3 is 19.7 Å². The average Bonchev–Trinajstić information content (AvgIpc) is 3.07. The standard InChI is InChI=1S/C29H32O9/c1-15-22(38-17(3)30)14-21-20(24(15)33)12-11-18-13-19(9-7-5-6-8-10-23(31)32)29(26(35)28(18,21)4)25(34)16(2)37-27(29)36/h5-12,15,18-22,24,33H,2,13-14H2,1,3-4H3,(H,31,32)/b6-5+,9-7-,10-8+/t15-,18-,19+,20+,21-,22+,24+,28-,29-/m0/s1. The number of hydrogen-bond acceptors (Lipinski definition) is 8. The lowest BCUT2D eigenvalue weighted by molar-refractivity contribution is -0.180. The number of ketones is 2. The van der Waals surface area contributed by atoms with Gasteiger partial charge in [-0.05, 0) is 24.7 Å². The molecule has 9 heteroatoms. The lowest BCUT2D eigenvalue weighted by Gasteiger charge is -2.58. The molecule has 1 saturated heterocycles. The Morgan fingerprint density at radius 1 is 1.13 bits per heavy atom. The number of rotatable bonds is 5. The molecule has 3 fully saturated rings. The summed E-state index contributed by atoms with van der Waals surface area (Å²) >= 11 is 0. The van der Waals surface area contributed by atoms with E-state index in [1.54, 1.807) is 32.1 Å². The monoisotopic (exact) mass is 524 g/mol. The van der Waals surface area contributed by atoms with Crippen molar-refractivity contribution in [1.29, 1.82) is 0 Å². The van der Waals surface area contributed by atoms with Gasteiger partial charge in [0.05, 0.1) is 6.10 Å². The number of esters is 2. The highest BCUT2D eigenvalue weighted by atomic mass is 16.6. The van der Waals surface area contributed by atoms with Crippen molar-refractivity contribution in [2.24, 2.45) is 40.4 Å². The van der Waals surface area contributed by atoms with Gasteiger partial charge in [-0.3, -0.25) is 19.2 Å². The van der Waals surface area contributed by atoms with Gasteiger partial charge in [-0.15, -0.1) is 0 Å². The topological polar surface area (TPSA) is 144 Å². The number of cyclic esters (lactones) is 1. The fourth-order valence-corrected chi connectivity index (χ4v) is 6.89. The number of ether oxygens (including phenoxy) is 2. The summed E-state index contributed by atoms with van der Waals surface area (Å²) in [5.74, 6) is -6.78. The third-order valence-corrected chi connectivity index (χ3v) is 8.87. The van der Waals surface area contributed by atoms with Crippen molar-refractivity contribution in [2.75, 3.05) is 0 Å². The van der Waals surface area contributed by atoms with Crippen LogP contribution >= 0.6 is 0 Å².